The third kappa shape index (κ3) is 3.34. The van der Waals surface area contributed by atoms with Crippen LogP contribution in [0, 0.1) is 12.7 Å². The SMILES string of the molecule is Cc1cc2c(cc1N1Cc3cn(C)c(=O)cc3NC1=O)OC(c1ncccc1F)CC2. The van der Waals surface area contributed by atoms with Crippen molar-refractivity contribution in [2.45, 2.75) is 32.4 Å². The maximum atomic E-state index is 14.2. The first-order valence-corrected chi connectivity index (χ1v) is 10.1. The quantitative estimate of drug-likeness (QED) is 0.683. The number of nitrogens with zero attached hydrogens (tertiary/aromatic N) is 3. The molecule has 0 aliphatic carbocycles. The molecule has 3 aromatic rings. The number of amides is 2. The van der Waals surface area contributed by atoms with Gasteiger partial charge in [0.1, 0.15) is 23.4 Å². The Labute approximate surface area is 178 Å². The molecular weight excluding hydrogens is 399 g/mol. The minimum atomic E-state index is -0.477. The van der Waals surface area contributed by atoms with E-state index in [1.54, 1.807) is 30.4 Å². The van der Waals surface area contributed by atoms with Crippen molar-refractivity contribution in [2.24, 2.45) is 7.05 Å². The molecule has 0 saturated carbocycles. The Morgan fingerprint density at radius 1 is 1.23 bits per heavy atom. The normalized spacial score (nSPS) is 17.5. The van der Waals surface area contributed by atoms with Crippen LogP contribution >= 0.6 is 0 Å². The van der Waals surface area contributed by atoms with Crippen molar-refractivity contribution >= 4 is 17.4 Å². The maximum Gasteiger partial charge on any atom is 0.326 e. The molecule has 2 aliphatic heterocycles. The van der Waals surface area contributed by atoms with E-state index in [1.807, 2.05) is 19.1 Å². The molecule has 0 spiro atoms. The summed E-state index contributed by atoms with van der Waals surface area (Å²) in [5, 5.41) is 2.80. The van der Waals surface area contributed by atoms with Crippen molar-refractivity contribution in [3.05, 3.63) is 81.3 Å². The van der Waals surface area contributed by atoms with Gasteiger partial charge < -0.3 is 14.6 Å². The number of urea groups is 1. The van der Waals surface area contributed by atoms with Gasteiger partial charge in [-0.1, -0.05) is 6.07 Å². The standard InChI is InChI=1S/C23H21FN4O3/c1-13-8-14-5-6-19(22-16(24)4-3-7-25-22)31-20(14)10-18(13)28-12-15-11-27(2)21(29)9-17(15)26-23(28)30/h3-4,7-11,19H,5-6,12H2,1-2H3,(H,26,30). The lowest BCUT2D eigenvalue weighted by Crippen LogP contribution is -2.40. The second-order valence-electron chi connectivity index (χ2n) is 7.94. The summed E-state index contributed by atoms with van der Waals surface area (Å²) in [6, 6.07) is 7.90. The van der Waals surface area contributed by atoms with Gasteiger partial charge in [0, 0.05) is 37.1 Å². The summed E-state index contributed by atoms with van der Waals surface area (Å²) in [4.78, 5) is 30.5. The highest BCUT2D eigenvalue weighted by molar-refractivity contribution is 6.04. The zero-order valence-electron chi connectivity index (χ0n) is 17.2. The van der Waals surface area contributed by atoms with Crippen molar-refractivity contribution < 1.29 is 13.9 Å². The van der Waals surface area contributed by atoms with Crippen LogP contribution in [0.15, 0.2) is 47.5 Å². The summed E-state index contributed by atoms with van der Waals surface area (Å²) in [6.45, 7) is 2.27. The molecule has 0 bridgehead atoms. The summed E-state index contributed by atoms with van der Waals surface area (Å²) >= 11 is 0. The number of nitrogens with one attached hydrogen (secondary N) is 1. The number of pyridine rings is 2. The monoisotopic (exact) mass is 420 g/mol. The summed E-state index contributed by atoms with van der Waals surface area (Å²) in [5.41, 5.74) is 4.15. The molecule has 1 N–H and O–H groups in total. The van der Waals surface area contributed by atoms with E-state index in [4.69, 9.17) is 4.74 Å². The Bertz CT molecular complexity index is 1270. The van der Waals surface area contributed by atoms with Gasteiger partial charge in [0.15, 0.2) is 0 Å². The van der Waals surface area contributed by atoms with Gasteiger partial charge in [0.2, 0.25) is 0 Å². The molecule has 1 atom stereocenters. The van der Waals surface area contributed by atoms with Crippen LogP contribution in [0.2, 0.25) is 0 Å². The van der Waals surface area contributed by atoms with Crippen LogP contribution in [0.1, 0.15) is 34.9 Å². The average Bonchev–Trinajstić information content (AvgIpc) is 2.74. The number of benzene rings is 1. The van der Waals surface area contributed by atoms with Crippen LogP contribution < -0.4 is 20.5 Å². The fourth-order valence-electron chi connectivity index (χ4n) is 4.21. The van der Waals surface area contributed by atoms with Gasteiger partial charge >= 0.3 is 6.03 Å². The lowest BCUT2D eigenvalue weighted by molar-refractivity contribution is 0.167. The minimum absolute atomic E-state index is 0.182. The molecular formula is C23H21FN4O3. The van der Waals surface area contributed by atoms with E-state index in [0.717, 1.165) is 23.1 Å². The number of ether oxygens (including phenoxy) is 1. The molecule has 8 heteroatoms. The Hall–Kier alpha value is -3.68. The Kier molecular flexibility index (Phi) is 4.50. The Morgan fingerprint density at radius 3 is 2.87 bits per heavy atom. The van der Waals surface area contributed by atoms with Gasteiger partial charge in [-0.2, -0.15) is 0 Å². The third-order valence-electron chi connectivity index (χ3n) is 5.83. The number of fused-ring (bicyclic) bond motifs is 2. The van der Waals surface area contributed by atoms with Crippen LogP contribution in [-0.2, 0) is 20.0 Å². The molecule has 0 radical (unpaired) electrons. The number of hydrogen-bond donors (Lipinski definition) is 1. The van der Waals surface area contributed by atoms with E-state index in [1.165, 1.54) is 16.7 Å². The molecule has 31 heavy (non-hydrogen) atoms. The van der Waals surface area contributed by atoms with Crippen LogP contribution in [0.4, 0.5) is 20.6 Å². The van der Waals surface area contributed by atoms with E-state index < -0.39 is 6.10 Å². The van der Waals surface area contributed by atoms with Gasteiger partial charge in [-0.25, -0.2) is 9.18 Å². The van der Waals surface area contributed by atoms with Crippen molar-refractivity contribution in [3.8, 4) is 5.75 Å². The Morgan fingerprint density at radius 2 is 2.06 bits per heavy atom. The number of halogens is 1. The third-order valence-corrected chi connectivity index (χ3v) is 5.83. The maximum absolute atomic E-state index is 14.2. The molecule has 2 aromatic heterocycles. The number of aromatic nitrogens is 2. The van der Waals surface area contributed by atoms with E-state index in [-0.39, 0.29) is 17.4 Å². The van der Waals surface area contributed by atoms with Crippen molar-refractivity contribution in [1.29, 1.82) is 0 Å². The number of carbonyl (C=O) groups is 1. The predicted octanol–water partition coefficient (Wildman–Crippen LogP) is 3.85. The van der Waals surface area contributed by atoms with Gasteiger partial charge in [0.05, 0.1) is 17.9 Å². The molecule has 5 rings (SSSR count). The highest BCUT2D eigenvalue weighted by atomic mass is 19.1. The van der Waals surface area contributed by atoms with E-state index >= 15 is 0 Å². The zero-order chi connectivity index (χ0) is 21.7. The summed E-state index contributed by atoms with van der Waals surface area (Å²) in [6.07, 6.45) is 4.17. The largest absolute Gasteiger partial charge is 0.484 e. The van der Waals surface area contributed by atoms with Crippen molar-refractivity contribution in [1.82, 2.24) is 9.55 Å². The van der Waals surface area contributed by atoms with Crippen molar-refractivity contribution in [3.63, 3.8) is 0 Å². The molecule has 2 amide bonds. The number of aryl methyl sites for hydroxylation is 3. The minimum Gasteiger partial charge on any atom is -0.484 e. The van der Waals surface area contributed by atoms with E-state index in [9.17, 15) is 14.0 Å². The lowest BCUT2D eigenvalue weighted by Gasteiger charge is -2.32. The zero-order valence-corrected chi connectivity index (χ0v) is 17.2. The fourth-order valence-corrected chi connectivity index (χ4v) is 4.21. The second kappa shape index (κ2) is 7.23. The topological polar surface area (TPSA) is 76.5 Å². The highest BCUT2D eigenvalue weighted by Gasteiger charge is 2.29. The molecule has 2 aliphatic rings. The first-order valence-electron chi connectivity index (χ1n) is 10.1. The molecule has 1 aromatic carbocycles. The molecule has 1 unspecified atom stereocenters. The lowest BCUT2D eigenvalue weighted by atomic mass is 9.97. The van der Waals surface area contributed by atoms with Gasteiger partial charge in [-0.05, 0) is 43.0 Å². The van der Waals surface area contributed by atoms with Crippen LogP contribution in [0.5, 0.6) is 5.75 Å². The van der Waals surface area contributed by atoms with Gasteiger partial charge in [-0.3, -0.25) is 14.7 Å². The summed E-state index contributed by atoms with van der Waals surface area (Å²) in [7, 11) is 1.68. The Balaban J connectivity index is 1.49. The molecule has 7 nitrogen and oxygen atoms in total. The molecule has 4 heterocycles. The number of rotatable bonds is 2. The number of carbonyl (C=O) groups excluding carboxylic acids is 1. The average molecular weight is 420 g/mol. The van der Waals surface area contributed by atoms with Crippen LogP contribution in [0.3, 0.4) is 0 Å². The summed E-state index contributed by atoms with van der Waals surface area (Å²) in [5.74, 6) is 0.238. The number of anilines is 2. The molecule has 0 saturated heterocycles. The molecule has 0 fully saturated rings. The van der Waals surface area contributed by atoms with Crippen LogP contribution in [-0.4, -0.2) is 15.6 Å². The smallest absolute Gasteiger partial charge is 0.326 e. The summed E-state index contributed by atoms with van der Waals surface area (Å²) < 4.78 is 21.8. The first-order chi connectivity index (χ1) is 14.9. The van der Waals surface area contributed by atoms with E-state index in [0.29, 0.717) is 35.8 Å². The van der Waals surface area contributed by atoms with Gasteiger partial charge in [-0.15, -0.1) is 0 Å². The van der Waals surface area contributed by atoms with Crippen LogP contribution in [0.25, 0.3) is 0 Å². The molecule has 158 valence electrons. The predicted molar refractivity (Wildman–Crippen MR) is 114 cm³/mol. The highest BCUT2D eigenvalue weighted by Crippen LogP contribution is 2.40. The van der Waals surface area contributed by atoms with E-state index in [2.05, 4.69) is 10.3 Å². The number of hydrogen-bond acceptors (Lipinski definition) is 4. The van der Waals surface area contributed by atoms with Crippen molar-refractivity contribution in [2.75, 3.05) is 10.2 Å². The second-order valence-corrected chi connectivity index (χ2v) is 7.94. The fraction of sp³-hybridized carbons (Fsp3) is 0.261. The first kappa shape index (κ1) is 19.3. The van der Waals surface area contributed by atoms with Gasteiger partial charge in [0.25, 0.3) is 5.56 Å².